The van der Waals surface area contributed by atoms with Crippen molar-refractivity contribution < 1.29 is 14.3 Å². The van der Waals surface area contributed by atoms with Crippen LogP contribution in [0.1, 0.15) is 33.6 Å². The lowest BCUT2D eigenvalue weighted by molar-refractivity contribution is -0.148. The fourth-order valence-electron chi connectivity index (χ4n) is 3.72. The molecule has 2 saturated heterocycles. The number of rotatable bonds is 0. The first-order valence-corrected chi connectivity index (χ1v) is 5.83. The van der Waals surface area contributed by atoms with Gasteiger partial charge in [-0.25, -0.2) is 0 Å². The molecule has 5 atom stereocenters. The first-order chi connectivity index (χ1) is 6.98. The Morgan fingerprint density at radius 3 is 2.87 bits per heavy atom. The van der Waals surface area contributed by atoms with Gasteiger partial charge < -0.3 is 9.47 Å². The lowest BCUT2D eigenvalue weighted by Crippen LogP contribution is -2.45. The highest BCUT2D eigenvalue weighted by molar-refractivity contribution is 5.80. The van der Waals surface area contributed by atoms with Crippen LogP contribution >= 0.6 is 0 Å². The van der Waals surface area contributed by atoms with Gasteiger partial charge in [-0.3, -0.25) is 4.79 Å². The van der Waals surface area contributed by atoms with Gasteiger partial charge in [-0.05, 0) is 32.6 Å². The topological polar surface area (TPSA) is 35.5 Å². The van der Waals surface area contributed by atoms with E-state index >= 15 is 0 Å². The lowest BCUT2D eigenvalue weighted by Gasteiger charge is -2.40. The molecule has 1 spiro atoms. The monoisotopic (exact) mass is 210 g/mol. The Bertz CT molecular complexity index is 327. The van der Waals surface area contributed by atoms with Crippen LogP contribution in [0.2, 0.25) is 0 Å². The van der Waals surface area contributed by atoms with Crippen molar-refractivity contribution in [2.45, 2.75) is 45.3 Å². The van der Waals surface area contributed by atoms with E-state index < -0.39 is 0 Å². The zero-order valence-electron chi connectivity index (χ0n) is 9.58. The first-order valence-electron chi connectivity index (χ1n) is 5.83. The average Bonchev–Trinajstić information content (AvgIpc) is 2.60. The van der Waals surface area contributed by atoms with E-state index in [-0.39, 0.29) is 23.1 Å². The maximum atomic E-state index is 11.9. The van der Waals surface area contributed by atoms with E-state index in [1.807, 2.05) is 6.92 Å². The van der Waals surface area contributed by atoms with Crippen molar-refractivity contribution in [2.24, 2.45) is 17.3 Å². The van der Waals surface area contributed by atoms with E-state index in [2.05, 4.69) is 13.8 Å². The number of fused-ring (bicyclic) bond motifs is 1. The van der Waals surface area contributed by atoms with Crippen molar-refractivity contribution >= 4 is 5.97 Å². The number of carbonyl (C=O) groups is 1. The van der Waals surface area contributed by atoms with Crippen LogP contribution in [0.4, 0.5) is 0 Å². The molecule has 0 aromatic rings. The number of esters is 1. The highest BCUT2D eigenvalue weighted by atomic mass is 16.6. The predicted molar refractivity (Wildman–Crippen MR) is 54.2 cm³/mol. The van der Waals surface area contributed by atoms with Crippen LogP contribution in [0.3, 0.4) is 0 Å². The summed E-state index contributed by atoms with van der Waals surface area (Å²) in [4.78, 5) is 11.9. The minimum Gasteiger partial charge on any atom is -0.462 e. The molecular weight excluding hydrogens is 192 g/mol. The van der Waals surface area contributed by atoms with Crippen molar-refractivity contribution in [3.8, 4) is 0 Å². The molecule has 2 heterocycles. The van der Waals surface area contributed by atoms with Gasteiger partial charge in [0.05, 0.1) is 12.2 Å². The Labute approximate surface area is 90.1 Å². The normalized spacial score (nSPS) is 57.8. The first kappa shape index (κ1) is 9.64. The van der Waals surface area contributed by atoms with E-state index in [0.717, 1.165) is 12.8 Å². The number of hydrogen-bond donors (Lipinski definition) is 0. The van der Waals surface area contributed by atoms with E-state index in [0.29, 0.717) is 18.4 Å². The largest absolute Gasteiger partial charge is 0.462 e. The van der Waals surface area contributed by atoms with Gasteiger partial charge in [0.25, 0.3) is 0 Å². The van der Waals surface area contributed by atoms with Crippen molar-refractivity contribution in [1.29, 1.82) is 0 Å². The molecule has 15 heavy (non-hydrogen) atoms. The Hall–Kier alpha value is -0.570. The Morgan fingerprint density at radius 2 is 2.13 bits per heavy atom. The molecule has 2 aliphatic heterocycles. The Morgan fingerprint density at radius 1 is 1.40 bits per heavy atom. The minimum atomic E-state index is -0.305. The molecule has 1 aliphatic carbocycles. The van der Waals surface area contributed by atoms with Crippen molar-refractivity contribution in [1.82, 2.24) is 0 Å². The summed E-state index contributed by atoms with van der Waals surface area (Å²) in [5, 5.41) is 0. The second-order valence-corrected chi connectivity index (χ2v) is 5.79. The van der Waals surface area contributed by atoms with Crippen LogP contribution in [0.25, 0.3) is 0 Å². The molecule has 0 radical (unpaired) electrons. The van der Waals surface area contributed by atoms with Crippen LogP contribution in [-0.2, 0) is 14.3 Å². The SMILES string of the molecule is CC1OC(=O)C23COC(C)(C2)C(C)CC13. The van der Waals surface area contributed by atoms with Crippen molar-refractivity contribution in [2.75, 3.05) is 6.61 Å². The van der Waals surface area contributed by atoms with Gasteiger partial charge in [-0.2, -0.15) is 0 Å². The third-order valence-corrected chi connectivity index (χ3v) is 4.95. The molecule has 3 heteroatoms. The molecule has 0 aromatic heterocycles. The second-order valence-electron chi connectivity index (χ2n) is 5.79. The smallest absolute Gasteiger partial charge is 0.315 e. The second kappa shape index (κ2) is 2.57. The maximum absolute atomic E-state index is 11.9. The zero-order valence-corrected chi connectivity index (χ0v) is 9.58. The molecule has 3 fully saturated rings. The third kappa shape index (κ3) is 0.975. The fraction of sp³-hybridized carbons (Fsp3) is 0.917. The standard InChI is InChI=1S/C12H18O3/c1-7-4-9-8(2)15-10(13)12(9)5-11(7,3)14-6-12/h7-9H,4-6H2,1-3H3. The number of cyclic esters (lactones) is 1. The number of hydrogen-bond acceptors (Lipinski definition) is 3. The third-order valence-electron chi connectivity index (χ3n) is 4.95. The molecular formula is C12H18O3. The molecule has 1 saturated carbocycles. The molecule has 3 rings (SSSR count). The highest BCUT2D eigenvalue weighted by Gasteiger charge is 2.67. The molecule has 2 bridgehead atoms. The molecule has 0 amide bonds. The Kier molecular flexibility index (Phi) is 1.65. The summed E-state index contributed by atoms with van der Waals surface area (Å²) in [6, 6.07) is 0. The van der Waals surface area contributed by atoms with E-state index in [4.69, 9.17) is 9.47 Å². The van der Waals surface area contributed by atoms with Gasteiger partial charge in [0, 0.05) is 5.92 Å². The Balaban J connectivity index is 2.04. The summed E-state index contributed by atoms with van der Waals surface area (Å²) in [5.41, 5.74) is -0.403. The molecule has 84 valence electrons. The van der Waals surface area contributed by atoms with Crippen molar-refractivity contribution in [3.63, 3.8) is 0 Å². The number of ether oxygens (including phenoxy) is 2. The molecule has 5 unspecified atom stereocenters. The summed E-state index contributed by atoms with van der Waals surface area (Å²) in [5.74, 6) is 0.876. The molecule has 3 nitrogen and oxygen atoms in total. The summed E-state index contributed by atoms with van der Waals surface area (Å²) in [7, 11) is 0. The highest BCUT2D eigenvalue weighted by Crippen LogP contribution is 2.59. The van der Waals surface area contributed by atoms with Gasteiger partial charge in [-0.15, -0.1) is 0 Å². The summed E-state index contributed by atoms with van der Waals surface area (Å²) >= 11 is 0. The van der Waals surface area contributed by atoms with Gasteiger partial charge in [0.15, 0.2) is 0 Å². The van der Waals surface area contributed by atoms with Crippen LogP contribution in [0.5, 0.6) is 0 Å². The van der Waals surface area contributed by atoms with E-state index in [1.54, 1.807) is 0 Å². The van der Waals surface area contributed by atoms with Crippen LogP contribution in [0, 0.1) is 17.3 Å². The molecule has 3 aliphatic rings. The quantitative estimate of drug-likeness (QED) is 0.571. The van der Waals surface area contributed by atoms with E-state index in [9.17, 15) is 4.79 Å². The summed E-state index contributed by atoms with van der Waals surface area (Å²) < 4.78 is 11.3. The zero-order chi connectivity index (χ0) is 10.8. The fourth-order valence-corrected chi connectivity index (χ4v) is 3.72. The molecule has 0 N–H and O–H groups in total. The van der Waals surface area contributed by atoms with Crippen LogP contribution < -0.4 is 0 Å². The van der Waals surface area contributed by atoms with Gasteiger partial charge >= 0.3 is 5.97 Å². The minimum absolute atomic E-state index is 0.0179. The van der Waals surface area contributed by atoms with E-state index in [1.165, 1.54) is 0 Å². The summed E-state index contributed by atoms with van der Waals surface area (Å²) in [6.07, 6.45) is 1.99. The summed E-state index contributed by atoms with van der Waals surface area (Å²) in [6.45, 7) is 6.95. The van der Waals surface area contributed by atoms with Crippen molar-refractivity contribution in [3.05, 3.63) is 0 Å². The average molecular weight is 210 g/mol. The lowest BCUT2D eigenvalue weighted by atomic mass is 9.60. The van der Waals surface area contributed by atoms with Gasteiger partial charge in [0.2, 0.25) is 0 Å². The van der Waals surface area contributed by atoms with Gasteiger partial charge in [0.1, 0.15) is 11.5 Å². The maximum Gasteiger partial charge on any atom is 0.315 e. The van der Waals surface area contributed by atoms with Gasteiger partial charge in [-0.1, -0.05) is 6.92 Å². The number of carbonyl (C=O) groups excluding carboxylic acids is 1. The van der Waals surface area contributed by atoms with Crippen LogP contribution in [-0.4, -0.2) is 24.3 Å². The van der Waals surface area contributed by atoms with Crippen LogP contribution in [0.15, 0.2) is 0 Å². The predicted octanol–water partition coefficient (Wildman–Crippen LogP) is 1.75. The molecule has 0 aromatic carbocycles.